The number of halogens is 2. The van der Waals surface area contributed by atoms with Gasteiger partial charge in [0.1, 0.15) is 5.82 Å². The number of nitrogens with one attached hydrogen (secondary N) is 1. The number of nitrogen functional groups attached to an aromatic ring is 1. The number of nitrogens with two attached hydrogens (primary N) is 1. The summed E-state index contributed by atoms with van der Waals surface area (Å²) < 4.78 is 28.8. The minimum absolute atomic E-state index is 0.0993. The fourth-order valence-corrected chi connectivity index (χ4v) is 2.87. The van der Waals surface area contributed by atoms with Crippen LogP contribution < -0.4 is 11.1 Å². The molecule has 0 fully saturated rings. The number of benzene rings is 2. The van der Waals surface area contributed by atoms with Crippen molar-refractivity contribution >= 4 is 5.82 Å². The van der Waals surface area contributed by atoms with Gasteiger partial charge in [-0.2, -0.15) is 8.78 Å². The molecule has 0 radical (unpaired) electrons. The summed E-state index contributed by atoms with van der Waals surface area (Å²) in [6.07, 6.45) is 0. The number of hydrogen-bond donors (Lipinski definition) is 2. The minimum atomic E-state index is -3.16. The van der Waals surface area contributed by atoms with E-state index in [-0.39, 0.29) is 17.9 Å². The Morgan fingerprint density at radius 2 is 1.67 bits per heavy atom. The van der Waals surface area contributed by atoms with Crippen LogP contribution in [-0.4, -0.2) is 9.97 Å². The van der Waals surface area contributed by atoms with Crippen LogP contribution in [0.2, 0.25) is 0 Å². The molecule has 0 saturated carbocycles. The van der Waals surface area contributed by atoms with Crippen molar-refractivity contribution in [2.24, 2.45) is 0 Å². The maximum atomic E-state index is 14.4. The average Bonchev–Trinajstić information content (AvgIpc) is 2.71. The zero-order chi connectivity index (χ0) is 16.7. The predicted octanol–water partition coefficient (Wildman–Crippen LogP) is 3.55. The van der Waals surface area contributed by atoms with E-state index < -0.39 is 6.05 Å². The molecule has 0 spiro atoms. The van der Waals surface area contributed by atoms with Gasteiger partial charge in [0.25, 0.3) is 0 Å². The zero-order valence-electron chi connectivity index (χ0n) is 12.6. The van der Waals surface area contributed by atoms with Gasteiger partial charge in [0.15, 0.2) is 5.82 Å². The Balaban J connectivity index is 1.99. The average molecular weight is 324 g/mol. The fourth-order valence-electron chi connectivity index (χ4n) is 2.87. The van der Waals surface area contributed by atoms with Gasteiger partial charge >= 0.3 is 6.05 Å². The van der Waals surface area contributed by atoms with Gasteiger partial charge < -0.3 is 5.73 Å². The molecule has 4 nitrogen and oxygen atoms in total. The molecular formula is C18H14F2N4. The first-order chi connectivity index (χ1) is 11.6. The van der Waals surface area contributed by atoms with E-state index in [4.69, 9.17) is 5.73 Å². The first-order valence-corrected chi connectivity index (χ1v) is 7.51. The van der Waals surface area contributed by atoms with Gasteiger partial charge in [0.2, 0.25) is 0 Å². The summed E-state index contributed by atoms with van der Waals surface area (Å²) in [7, 11) is 0. The number of rotatable bonds is 1. The van der Waals surface area contributed by atoms with E-state index in [0.717, 1.165) is 5.56 Å². The molecule has 0 saturated heterocycles. The monoisotopic (exact) mass is 324 g/mol. The van der Waals surface area contributed by atoms with Crippen LogP contribution in [0.4, 0.5) is 14.6 Å². The molecule has 0 bridgehead atoms. The van der Waals surface area contributed by atoms with Crippen LogP contribution in [0.25, 0.3) is 22.6 Å². The van der Waals surface area contributed by atoms with Crippen LogP contribution in [0.3, 0.4) is 0 Å². The Hall–Kier alpha value is -2.86. The van der Waals surface area contributed by atoms with Gasteiger partial charge in [-0.1, -0.05) is 54.6 Å². The van der Waals surface area contributed by atoms with E-state index in [1.807, 2.05) is 30.3 Å². The first-order valence-electron chi connectivity index (χ1n) is 7.51. The van der Waals surface area contributed by atoms with Crippen LogP contribution in [0, 0.1) is 0 Å². The third kappa shape index (κ3) is 2.32. The highest BCUT2D eigenvalue weighted by Gasteiger charge is 2.37. The van der Waals surface area contributed by atoms with Crippen LogP contribution in [0.5, 0.6) is 0 Å². The molecule has 3 aromatic rings. The van der Waals surface area contributed by atoms with Gasteiger partial charge in [-0.05, 0) is 0 Å². The quantitative estimate of drug-likeness (QED) is 0.672. The summed E-state index contributed by atoms with van der Waals surface area (Å²) in [6.45, 7) is -0.0993. The molecule has 120 valence electrons. The first kappa shape index (κ1) is 14.7. The van der Waals surface area contributed by atoms with Crippen LogP contribution in [0.15, 0.2) is 54.6 Å². The second kappa shape index (κ2) is 5.35. The molecular weight excluding hydrogens is 310 g/mol. The van der Waals surface area contributed by atoms with Gasteiger partial charge in [0.05, 0.1) is 5.69 Å². The molecule has 2 aromatic carbocycles. The van der Waals surface area contributed by atoms with Crippen molar-refractivity contribution in [2.75, 3.05) is 5.73 Å². The Kier molecular flexibility index (Phi) is 3.28. The molecule has 2 heterocycles. The van der Waals surface area contributed by atoms with E-state index in [9.17, 15) is 8.78 Å². The fraction of sp³-hybridized carbons (Fsp3) is 0.111. The number of nitrogens with zero attached hydrogens (tertiary/aromatic N) is 2. The summed E-state index contributed by atoms with van der Waals surface area (Å²) in [5.74, 6) is 0.630. The number of alkyl halides is 2. The lowest BCUT2D eigenvalue weighted by Gasteiger charge is -2.17. The number of hydrogen-bond acceptors (Lipinski definition) is 4. The molecule has 3 N–H and O–H groups in total. The van der Waals surface area contributed by atoms with Crippen molar-refractivity contribution in [3.8, 4) is 22.6 Å². The van der Waals surface area contributed by atoms with Crippen molar-refractivity contribution in [3.05, 3.63) is 65.7 Å². The normalized spacial score (nSPS) is 15.2. The lowest BCUT2D eigenvalue weighted by atomic mass is 10.0. The van der Waals surface area contributed by atoms with Crippen LogP contribution >= 0.6 is 0 Å². The summed E-state index contributed by atoms with van der Waals surface area (Å²) in [5, 5.41) is 2.24. The van der Waals surface area contributed by atoms with Crippen LogP contribution in [0.1, 0.15) is 11.1 Å². The Morgan fingerprint density at radius 1 is 0.958 bits per heavy atom. The molecule has 0 atom stereocenters. The van der Waals surface area contributed by atoms with E-state index >= 15 is 0 Å². The Morgan fingerprint density at radius 3 is 2.46 bits per heavy atom. The number of fused-ring (bicyclic) bond motifs is 3. The van der Waals surface area contributed by atoms with Gasteiger partial charge in [-0.3, -0.25) is 0 Å². The van der Waals surface area contributed by atoms with E-state index in [1.54, 1.807) is 18.2 Å². The maximum absolute atomic E-state index is 14.4. The summed E-state index contributed by atoms with van der Waals surface area (Å²) in [6, 6.07) is 12.5. The Labute approximate surface area is 137 Å². The molecule has 1 aromatic heterocycles. The lowest BCUT2D eigenvalue weighted by molar-refractivity contribution is -0.0417. The largest absolute Gasteiger partial charge is 0.383 e. The SMILES string of the molecule is Nc1nc(-c2ccccc2)nc2c1CNC(F)(F)c1ccccc1-2. The highest BCUT2D eigenvalue weighted by atomic mass is 19.3. The second-order valence-corrected chi connectivity index (χ2v) is 5.60. The molecule has 4 rings (SSSR count). The topological polar surface area (TPSA) is 63.8 Å². The zero-order valence-corrected chi connectivity index (χ0v) is 12.6. The van der Waals surface area contributed by atoms with Gasteiger partial charge in [0, 0.05) is 28.8 Å². The highest BCUT2D eigenvalue weighted by molar-refractivity contribution is 5.75. The summed E-state index contributed by atoms with van der Waals surface area (Å²) in [4.78, 5) is 8.85. The highest BCUT2D eigenvalue weighted by Crippen LogP contribution is 2.39. The molecule has 1 aliphatic rings. The summed E-state index contributed by atoms with van der Waals surface area (Å²) >= 11 is 0. The molecule has 24 heavy (non-hydrogen) atoms. The maximum Gasteiger partial charge on any atom is 0.330 e. The van der Waals surface area contributed by atoms with E-state index in [0.29, 0.717) is 22.6 Å². The molecule has 0 aliphatic carbocycles. The van der Waals surface area contributed by atoms with Crippen molar-refractivity contribution in [3.63, 3.8) is 0 Å². The van der Waals surface area contributed by atoms with Crippen LogP contribution in [-0.2, 0) is 12.6 Å². The third-order valence-electron chi connectivity index (χ3n) is 4.08. The van der Waals surface area contributed by atoms with Crippen molar-refractivity contribution in [2.45, 2.75) is 12.6 Å². The third-order valence-corrected chi connectivity index (χ3v) is 4.08. The number of aromatic nitrogens is 2. The number of anilines is 1. The standard InChI is InChI=1S/C18H14F2N4/c19-18(20)14-9-5-4-8-12(14)15-13(10-22-18)16(21)24-17(23-15)11-6-2-1-3-7-11/h1-9,22H,10H2,(H2,21,23,24). The van der Waals surface area contributed by atoms with Gasteiger partial charge in [-0.15, -0.1) is 0 Å². The van der Waals surface area contributed by atoms with Crippen molar-refractivity contribution < 1.29 is 8.78 Å². The van der Waals surface area contributed by atoms with Crippen molar-refractivity contribution in [1.29, 1.82) is 0 Å². The Bertz CT molecular complexity index is 910. The van der Waals surface area contributed by atoms with Crippen molar-refractivity contribution in [1.82, 2.24) is 15.3 Å². The summed E-state index contributed by atoms with van der Waals surface area (Å²) in [5.41, 5.74) is 8.03. The minimum Gasteiger partial charge on any atom is -0.383 e. The molecule has 1 aliphatic heterocycles. The second-order valence-electron chi connectivity index (χ2n) is 5.60. The molecule has 0 unspecified atom stereocenters. The molecule has 0 amide bonds. The lowest BCUT2D eigenvalue weighted by Crippen LogP contribution is -2.32. The predicted molar refractivity (Wildman–Crippen MR) is 88.1 cm³/mol. The van der Waals surface area contributed by atoms with Gasteiger partial charge in [-0.25, -0.2) is 15.3 Å². The smallest absolute Gasteiger partial charge is 0.330 e. The van der Waals surface area contributed by atoms with E-state index in [2.05, 4.69) is 15.3 Å². The van der Waals surface area contributed by atoms with E-state index in [1.165, 1.54) is 6.07 Å². The molecule has 6 heteroatoms.